The third-order valence-electron chi connectivity index (χ3n) is 6.14. The summed E-state index contributed by atoms with van der Waals surface area (Å²) in [6.45, 7) is 0.111. The van der Waals surface area contributed by atoms with E-state index in [1.165, 1.54) is 13.3 Å². The van der Waals surface area contributed by atoms with Crippen LogP contribution in [-0.2, 0) is 29.4 Å². The molecule has 4 nitrogen and oxygen atoms in total. The Hall–Kier alpha value is -3.75. The molecule has 9 heteroatoms. The zero-order valence-corrected chi connectivity index (χ0v) is 21.0. The maximum absolute atomic E-state index is 14.7. The Balaban J connectivity index is 1.90. The summed E-state index contributed by atoms with van der Waals surface area (Å²) >= 11 is 6.08. The number of benzene rings is 3. The molecule has 0 saturated heterocycles. The van der Waals surface area contributed by atoms with Gasteiger partial charge in [0, 0.05) is 19.2 Å². The van der Waals surface area contributed by atoms with Gasteiger partial charge in [-0.1, -0.05) is 54.1 Å². The van der Waals surface area contributed by atoms with Gasteiger partial charge in [-0.15, -0.1) is 0 Å². The van der Waals surface area contributed by atoms with Crippen LogP contribution in [0.1, 0.15) is 38.3 Å². The minimum atomic E-state index is -4.77. The van der Waals surface area contributed by atoms with E-state index < -0.39 is 29.1 Å². The Morgan fingerprint density at radius 3 is 2.29 bits per heavy atom. The van der Waals surface area contributed by atoms with E-state index in [0.717, 1.165) is 17.7 Å². The first-order valence-corrected chi connectivity index (χ1v) is 11.9. The Morgan fingerprint density at radius 2 is 1.63 bits per heavy atom. The molecule has 1 unspecified atom stereocenters. The van der Waals surface area contributed by atoms with Gasteiger partial charge >= 0.3 is 12.1 Å². The molecule has 1 N–H and O–H groups in total. The normalized spacial score (nSPS) is 13.1. The number of ether oxygens (including phenoxy) is 1. The van der Waals surface area contributed by atoms with Crippen LogP contribution in [0.2, 0.25) is 5.02 Å². The highest BCUT2D eigenvalue weighted by Gasteiger charge is 2.39. The fraction of sp³-hybridized carbons (Fsp3) is 0.172. The number of aromatic nitrogens is 1. The molecule has 0 amide bonds. The van der Waals surface area contributed by atoms with Crippen molar-refractivity contribution in [3.05, 3.63) is 135 Å². The highest BCUT2D eigenvalue weighted by Crippen LogP contribution is 2.38. The smallest absolute Gasteiger partial charge is 0.416 e. The van der Waals surface area contributed by atoms with Crippen molar-refractivity contribution in [2.24, 2.45) is 0 Å². The van der Waals surface area contributed by atoms with Crippen molar-refractivity contribution in [3.63, 3.8) is 0 Å². The van der Waals surface area contributed by atoms with Crippen molar-refractivity contribution in [1.82, 2.24) is 10.3 Å². The molecule has 0 saturated carbocycles. The second-order valence-electron chi connectivity index (χ2n) is 8.70. The van der Waals surface area contributed by atoms with Crippen molar-refractivity contribution in [1.29, 1.82) is 0 Å². The largest absolute Gasteiger partial charge is 0.465 e. The predicted octanol–water partition coefficient (Wildman–Crippen LogP) is 6.96. The fourth-order valence-corrected chi connectivity index (χ4v) is 4.42. The van der Waals surface area contributed by atoms with E-state index >= 15 is 0 Å². The second-order valence-corrected chi connectivity index (χ2v) is 9.14. The average molecular weight is 543 g/mol. The van der Waals surface area contributed by atoms with Crippen LogP contribution in [0.4, 0.5) is 17.6 Å². The van der Waals surface area contributed by atoms with Gasteiger partial charge in [-0.3, -0.25) is 10.3 Å². The van der Waals surface area contributed by atoms with Gasteiger partial charge in [0.15, 0.2) is 0 Å². The summed E-state index contributed by atoms with van der Waals surface area (Å²) in [5.41, 5.74) is -0.399. The summed E-state index contributed by atoms with van der Waals surface area (Å²) in [7, 11) is 1.27. The molecule has 3 aromatic carbocycles. The summed E-state index contributed by atoms with van der Waals surface area (Å²) in [4.78, 5) is 16.5. The van der Waals surface area contributed by atoms with E-state index in [1.54, 1.807) is 36.4 Å². The standard InChI is InChI=1S/C29H23ClF4N2O2/c1-38-27(37)21-9-5-8-20(12-21)17-36-28(16-19-6-3-2-4-7-19,26-11-10-24(30)18-35-26)22-13-23(29(32,33)34)15-25(31)14-22/h2-15,18,36H,16-17H2,1H3. The Kier molecular flexibility index (Phi) is 8.14. The molecular formula is C29H23ClF4N2O2. The molecule has 1 heterocycles. The number of nitrogens with zero attached hydrogens (tertiary/aromatic N) is 1. The minimum Gasteiger partial charge on any atom is -0.465 e. The van der Waals surface area contributed by atoms with Crippen molar-refractivity contribution < 1.29 is 27.1 Å². The summed E-state index contributed by atoms with van der Waals surface area (Å²) in [5, 5.41) is 3.68. The van der Waals surface area contributed by atoms with Crippen LogP contribution >= 0.6 is 11.6 Å². The van der Waals surface area contributed by atoms with Crippen molar-refractivity contribution in [2.45, 2.75) is 24.7 Å². The number of carbonyl (C=O) groups is 1. The molecule has 38 heavy (non-hydrogen) atoms. The lowest BCUT2D eigenvalue weighted by Gasteiger charge is -2.36. The summed E-state index contributed by atoms with van der Waals surface area (Å²) < 4.78 is 60.8. The zero-order valence-electron chi connectivity index (χ0n) is 20.2. The van der Waals surface area contributed by atoms with E-state index in [2.05, 4.69) is 10.3 Å². The first-order chi connectivity index (χ1) is 18.1. The molecule has 0 radical (unpaired) electrons. The number of alkyl halides is 3. The SMILES string of the molecule is COC(=O)c1cccc(CNC(Cc2ccccc2)(c2cc(F)cc(C(F)(F)F)c2)c2ccc(Cl)cn2)c1. The number of rotatable bonds is 8. The van der Waals surface area contributed by atoms with Crippen molar-refractivity contribution >= 4 is 17.6 Å². The first-order valence-electron chi connectivity index (χ1n) is 11.6. The molecule has 0 aliphatic rings. The number of halogens is 5. The lowest BCUT2D eigenvalue weighted by atomic mass is 9.79. The van der Waals surface area contributed by atoms with E-state index in [9.17, 15) is 22.4 Å². The maximum Gasteiger partial charge on any atom is 0.416 e. The lowest BCUT2D eigenvalue weighted by Crippen LogP contribution is -2.46. The summed E-state index contributed by atoms with van der Waals surface area (Å²) in [5.74, 6) is -1.56. The second kappa shape index (κ2) is 11.3. The van der Waals surface area contributed by atoms with Crippen LogP contribution in [0.25, 0.3) is 0 Å². The average Bonchev–Trinajstić information content (AvgIpc) is 2.91. The van der Waals surface area contributed by atoms with E-state index in [1.807, 2.05) is 30.3 Å². The third kappa shape index (κ3) is 6.20. The number of pyridine rings is 1. The first kappa shape index (κ1) is 27.3. The minimum absolute atomic E-state index is 0.0348. The fourth-order valence-electron chi connectivity index (χ4n) is 4.30. The molecular weight excluding hydrogens is 520 g/mol. The monoisotopic (exact) mass is 542 g/mol. The van der Waals surface area contributed by atoms with E-state index in [4.69, 9.17) is 16.3 Å². The van der Waals surface area contributed by atoms with E-state index in [-0.39, 0.29) is 18.5 Å². The Labute approximate surface area is 222 Å². The number of methoxy groups -OCH3 is 1. The van der Waals surface area contributed by atoms with Crippen LogP contribution in [0.3, 0.4) is 0 Å². The van der Waals surface area contributed by atoms with Gasteiger partial charge in [0.1, 0.15) is 5.82 Å². The quantitative estimate of drug-likeness (QED) is 0.193. The molecule has 0 fully saturated rings. The van der Waals surface area contributed by atoms with Gasteiger partial charge in [0.2, 0.25) is 0 Å². The van der Waals surface area contributed by atoms with Gasteiger partial charge in [-0.25, -0.2) is 9.18 Å². The van der Waals surface area contributed by atoms with Gasteiger partial charge in [0.25, 0.3) is 0 Å². The van der Waals surface area contributed by atoms with Gasteiger partial charge < -0.3 is 4.74 Å². The summed E-state index contributed by atoms with van der Waals surface area (Å²) in [6.07, 6.45) is -3.24. The molecule has 0 spiro atoms. The number of hydrogen-bond acceptors (Lipinski definition) is 4. The molecule has 0 bridgehead atoms. The maximum atomic E-state index is 14.7. The predicted molar refractivity (Wildman–Crippen MR) is 136 cm³/mol. The third-order valence-corrected chi connectivity index (χ3v) is 6.36. The van der Waals surface area contributed by atoms with Crippen LogP contribution in [-0.4, -0.2) is 18.1 Å². The van der Waals surface area contributed by atoms with Crippen LogP contribution in [0.5, 0.6) is 0 Å². The van der Waals surface area contributed by atoms with Crippen LogP contribution in [0.15, 0.2) is 91.1 Å². The molecule has 1 atom stereocenters. The van der Waals surface area contributed by atoms with Crippen LogP contribution < -0.4 is 5.32 Å². The van der Waals surface area contributed by atoms with Gasteiger partial charge in [-0.2, -0.15) is 13.2 Å². The molecule has 1 aromatic heterocycles. The lowest BCUT2D eigenvalue weighted by molar-refractivity contribution is -0.137. The molecule has 0 aliphatic carbocycles. The number of nitrogens with one attached hydrogen (secondary N) is 1. The topological polar surface area (TPSA) is 51.2 Å². The molecule has 196 valence electrons. The van der Waals surface area contributed by atoms with Gasteiger partial charge in [0.05, 0.1) is 34.5 Å². The molecule has 4 aromatic rings. The number of carbonyl (C=O) groups excluding carboxylic acids is 1. The number of hydrogen-bond donors (Lipinski definition) is 1. The number of esters is 1. The zero-order chi connectivity index (χ0) is 27.3. The highest BCUT2D eigenvalue weighted by atomic mass is 35.5. The van der Waals surface area contributed by atoms with Crippen molar-refractivity contribution in [3.8, 4) is 0 Å². The van der Waals surface area contributed by atoms with Crippen LogP contribution in [0, 0.1) is 5.82 Å². The Bertz CT molecular complexity index is 1410. The van der Waals surface area contributed by atoms with Crippen molar-refractivity contribution in [2.75, 3.05) is 7.11 Å². The molecule has 0 aliphatic heterocycles. The summed E-state index contributed by atoms with van der Waals surface area (Å²) in [6, 6.07) is 21.4. The highest BCUT2D eigenvalue weighted by molar-refractivity contribution is 6.30. The molecule has 4 rings (SSSR count). The van der Waals surface area contributed by atoms with E-state index in [0.29, 0.717) is 27.9 Å². The van der Waals surface area contributed by atoms with Gasteiger partial charge in [-0.05, 0) is 59.2 Å². The Morgan fingerprint density at radius 1 is 0.921 bits per heavy atom.